The predicted octanol–water partition coefficient (Wildman–Crippen LogP) is 4.33. The highest BCUT2D eigenvalue weighted by Crippen LogP contribution is 2.41. The summed E-state index contributed by atoms with van der Waals surface area (Å²) in [6.45, 7) is 8.71. The molecule has 2 heterocycles. The molecule has 2 rings (SSSR count). The zero-order valence-electron chi connectivity index (χ0n) is 13.1. The van der Waals surface area contributed by atoms with Crippen LogP contribution in [0.15, 0.2) is 10.7 Å². The third kappa shape index (κ3) is 4.21. The number of aryl methyl sites for hydroxylation is 1. The molecule has 3 unspecified atom stereocenters. The molecule has 1 aromatic heterocycles. The summed E-state index contributed by atoms with van der Waals surface area (Å²) >= 11 is 8.00. The van der Waals surface area contributed by atoms with E-state index in [9.17, 15) is 0 Å². The number of aromatic nitrogens is 2. The van der Waals surface area contributed by atoms with Gasteiger partial charge in [-0.2, -0.15) is 28.6 Å². The monoisotopic (exact) mass is 391 g/mol. The molecule has 1 aromatic rings. The number of halogens is 1. The lowest BCUT2D eigenvalue weighted by atomic mass is 10.0. The molecule has 21 heavy (non-hydrogen) atoms. The van der Waals surface area contributed by atoms with E-state index in [4.69, 9.17) is 0 Å². The fourth-order valence-electron chi connectivity index (χ4n) is 2.91. The lowest BCUT2D eigenvalue weighted by Gasteiger charge is -2.36. The van der Waals surface area contributed by atoms with Crippen LogP contribution in [0.5, 0.6) is 0 Å². The Morgan fingerprint density at radius 2 is 2.14 bits per heavy atom. The van der Waals surface area contributed by atoms with E-state index in [0.29, 0.717) is 11.3 Å². The predicted molar refractivity (Wildman–Crippen MR) is 99.4 cm³/mol. The third-order valence-electron chi connectivity index (χ3n) is 3.81. The topological polar surface area (TPSA) is 29.9 Å². The van der Waals surface area contributed by atoms with Crippen LogP contribution in [0.25, 0.3) is 0 Å². The summed E-state index contributed by atoms with van der Waals surface area (Å²) in [6, 6.07) is 0.376. The van der Waals surface area contributed by atoms with Gasteiger partial charge < -0.3 is 5.32 Å². The average molecular weight is 392 g/mol. The smallest absolute Gasteiger partial charge is 0.0707 e. The van der Waals surface area contributed by atoms with Gasteiger partial charge in [-0.15, -0.1) is 0 Å². The van der Waals surface area contributed by atoms with E-state index in [2.05, 4.69) is 75.3 Å². The van der Waals surface area contributed by atoms with Crippen molar-refractivity contribution in [3.63, 3.8) is 0 Å². The Hall–Kier alpha value is 0.350. The van der Waals surface area contributed by atoms with Crippen molar-refractivity contribution < 1.29 is 0 Å². The van der Waals surface area contributed by atoms with Crippen LogP contribution in [0.3, 0.4) is 0 Å². The molecule has 1 aliphatic rings. The fraction of sp³-hybridized carbons (Fsp3) is 0.800. The first-order valence-corrected chi connectivity index (χ1v) is 10.8. The summed E-state index contributed by atoms with van der Waals surface area (Å²) in [4.78, 5) is 0. The second-order valence-electron chi connectivity index (χ2n) is 5.29. The highest BCUT2D eigenvalue weighted by Gasteiger charge is 2.35. The van der Waals surface area contributed by atoms with Crippen LogP contribution < -0.4 is 5.32 Å². The van der Waals surface area contributed by atoms with Crippen LogP contribution in [0.2, 0.25) is 0 Å². The largest absolute Gasteiger partial charge is 0.308 e. The van der Waals surface area contributed by atoms with Crippen molar-refractivity contribution in [1.82, 2.24) is 15.1 Å². The SMILES string of the molecule is CCCn1ncc(Br)c1C(NCC)C1SCCSC1CC. The van der Waals surface area contributed by atoms with Crippen molar-refractivity contribution in [2.24, 2.45) is 0 Å². The molecule has 1 fully saturated rings. The van der Waals surface area contributed by atoms with Crippen LogP contribution >= 0.6 is 39.5 Å². The molecule has 0 saturated carbocycles. The van der Waals surface area contributed by atoms with Gasteiger partial charge in [0, 0.05) is 28.6 Å². The minimum absolute atomic E-state index is 0.376. The quantitative estimate of drug-likeness (QED) is 0.748. The molecule has 1 aliphatic heterocycles. The number of nitrogens with zero attached hydrogens (tertiary/aromatic N) is 2. The van der Waals surface area contributed by atoms with Gasteiger partial charge in [-0.1, -0.05) is 20.8 Å². The second kappa shape index (κ2) is 8.85. The molecule has 0 spiro atoms. The number of nitrogens with one attached hydrogen (secondary N) is 1. The van der Waals surface area contributed by atoms with E-state index in [1.54, 1.807) is 0 Å². The highest BCUT2D eigenvalue weighted by molar-refractivity contribution is 9.10. The Balaban J connectivity index is 2.31. The maximum absolute atomic E-state index is 4.57. The minimum atomic E-state index is 0.376. The maximum Gasteiger partial charge on any atom is 0.0707 e. The van der Waals surface area contributed by atoms with E-state index in [1.165, 1.54) is 23.6 Å². The molecule has 1 N–H and O–H groups in total. The van der Waals surface area contributed by atoms with Crippen molar-refractivity contribution in [3.8, 4) is 0 Å². The van der Waals surface area contributed by atoms with Crippen LogP contribution in [0.4, 0.5) is 0 Å². The molecule has 0 radical (unpaired) electrons. The Kier molecular flexibility index (Phi) is 7.46. The zero-order valence-corrected chi connectivity index (χ0v) is 16.4. The summed E-state index contributed by atoms with van der Waals surface area (Å²) in [7, 11) is 0. The van der Waals surface area contributed by atoms with Gasteiger partial charge in [0.2, 0.25) is 0 Å². The Morgan fingerprint density at radius 1 is 1.38 bits per heavy atom. The normalized spacial score (nSPS) is 24.2. The van der Waals surface area contributed by atoms with Gasteiger partial charge in [-0.05, 0) is 35.3 Å². The molecule has 0 aromatic carbocycles. The Labute approximate surface area is 145 Å². The second-order valence-corrected chi connectivity index (χ2v) is 8.78. The summed E-state index contributed by atoms with van der Waals surface area (Å²) in [5.41, 5.74) is 1.33. The lowest BCUT2D eigenvalue weighted by Crippen LogP contribution is -2.40. The molecular weight excluding hydrogens is 366 g/mol. The standard InChI is InChI=1S/C15H26BrN3S2/c1-4-7-19-14(11(16)10-18-19)13(17-6-3)15-12(5-2)20-8-9-21-15/h10,12-13,15,17H,4-9H2,1-3H3. The van der Waals surface area contributed by atoms with E-state index >= 15 is 0 Å². The molecule has 3 nitrogen and oxygen atoms in total. The first kappa shape index (κ1) is 17.7. The molecule has 0 bridgehead atoms. The number of hydrogen-bond acceptors (Lipinski definition) is 4. The van der Waals surface area contributed by atoms with Crippen LogP contribution in [-0.2, 0) is 6.54 Å². The van der Waals surface area contributed by atoms with Crippen LogP contribution in [0.1, 0.15) is 45.3 Å². The van der Waals surface area contributed by atoms with Gasteiger partial charge in [-0.25, -0.2) is 0 Å². The summed E-state index contributed by atoms with van der Waals surface area (Å²) in [6.07, 6.45) is 4.31. The molecule has 0 aliphatic carbocycles. The van der Waals surface area contributed by atoms with E-state index in [-0.39, 0.29) is 0 Å². The van der Waals surface area contributed by atoms with Gasteiger partial charge >= 0.3 is 0 Å². The number of rotatable bonds is 7. The summed E-state index contributed by atoms with van der Waals surface area (Å²) in [5, 5.41) is 9.65. The van der Waals surface area contributed by atoms with Crippen LogP contribution in [0, 0.1) is 0 Å². The molecular formula is C15H26BrN3S2. The van der Waals surface area contributed by atoms with Crippen molar-refractivity contribution in [2.45, 2.75) is 56.7 Å². The first-order valence-electron chi connectivity index (χ1n) is 7.90. The minimum Gasteiger partial charge on any atom is -0.308 e. The van der Waals surface area contributed by atoms with Crippen molar-refractivity contribution in [2.75, 3.05) is 18.1 Å². The van der Waals surface area contributed by atoms with Gasteiger partial charge in [0.25, 0.3) is 0 Å². The van der Waals surface area contributed by atoms with Crippen molar-refractivity contribution in [3.05, 3.63) is 16.4 Å². The Morgan fingerprint density at radius 3 is 2.81 bits per heavy atom. The van der Waals surface area contributed by atoms with Gasteiger partial charge in [-0.3, -0.25) is 4.68 Å². The van der Waals surface area contributed by atoms with E-state index in [0.717, 1.165) is 29.2 Å². The van der Waals surface area contributed by atoms with Gasteiger partial charge in [0.15, 0.2) is 0 Å². The molecule has 1 saturated heterocycles. The number of hydrogen-bond donors (Lipinski definition) is 1. The molecule has 120 valence electrons. The lowest BCUT2D eigenvalue weighted by molar-refractivity contribution is 0.457. The molecule has 0 amide bonds. The van der Waals surface area contributed by atoms with E-state index < -0.39 is 0 Å². The summed E-state index contributed by atoms with van der Waals surface area (Å²) in [5.74, 6) is 2.54. The fourth-order valence-corrected chi connectivity index (χ4v) is 6.67. The van der Waals surface area contributed by atoms with Crippen molar-refractivity contribution >= 4 is 39.5 Å². The van der Waals surface area contributed by atoms with Crippen molar-refractivity contribution in [1.29, 1.82) is 0 Å². The highest BCUT2D eigenvalue weighted by atomic mass is 79.9. The number of thioether (sulfide) groups is 2. The van der Waals surface area contributed by atoms with Crippen LogP contribution in [-0.4, -0.2) is 38.3 Å². The third-order valence-corrected chi connectivity index (χ3v) is 7.77. The maximum atomic E-state index is 4.57. The van der Waals surface area contributed by atoms with E-state index in [1.807, 2.05) is 6.20 Å². The zero-order chi connectivity index (χ0) is 15.2. The molecule has 6 heteroatoms. The average Bonchev–Trinajstić information content (AvgIpc) is 2.86. The van der Waals surface area contributed by atoms with Gasteiger partial charge in [0.05, 0.1) is 22.4 Å². The Bertz CT molecular complexity index is 439. The first-order chi connectivity index (χ1) is 10.2. The van der Waals surface area contributed by atoms with Gasteiger partial charge in [0.1, 0.15) is 0 Å². The molecule has 3 atom stereocenters. The summed E-state index contributed by atoms with van der Waals surface area (Å²) < 4.78 is 3.33.